The summed E-state index contributed by atoms with van der Waals surface area (Å²) >= 11 is 1.40. The van der Waals surface area contributed by atoms with Crippen LogP contribution in [0.1, 0.15) is 23.7 Å². The summed E-state index contributed by atoms with van der Waals surface area (Å²) in [4.78, 5) is 26.4. The van der Waals surface area contributed by atoms with Crippen molar-refractivity contribution in [2.75, 3.05) is 35.3 Å². The predicted molar refractivity (Wildman–Crippen MR) is 135 cm³/mol. The third kappa shape index (κ3) is 4.02. The van der Waals surface area contributed by atoms with Crippen LogP contribution in [0, 0.1) is 11.6 Å². The molecule has 3 aliphatic rings. The van der Waals surface area contributed by atoms with Crippen molar-refractivity contribution in [3.05, 3.63) is 65.7 Å². The fraction of sp³-hybridized carbons (Fsp3) is 0.280. The van der Waals surface area contributed by atoms with E-state index >= 15 is 0 Å². The maximum Gasteiger partial charge on any atom is 0.263 e. The summed E-state index contributed by atoms with van der Waals surface area (Å²) in [6.45, 7) is 4.07. The second-order valence-electron chi connectivity index (χ2n) is 8.97. The second kappa shape index (κ2) is 8.74. The average Bonchev–Trinajstić information content (AvgIpc) is 3.35. The lowest BCUT2D eigenvalue weighted by Crippen LogP contribution is -2.38. The summed E-state index contributed by atoms with van der Waals surface area (Å²) in [5.41, 5.74) is -0.0646. The van der Waals surface area contributed by atoms with Gasteiger partial charge >= 0.3 is 0 Å². The van der Waals surface area contributed by atoms with E-state index < -0.39 is 23.1 Å². The monoisotopic (exact) mass is 507 g/mol. The number of nitrogens with one attached hydrogen (secondary N) is 1. The number of nitrogens with zero attached hydrogens (tertiary/aromatic N) is 6. The molecule has 3 aromatic rings. The first-order valence-corrected chi connectivity index (χ1v) is 12.5. The number of anilines is 3. The lowest BCUT2D eigenvalue weighted by molar-refractivity contribution is 0.0985. The zero-order chi connectivity index (χ0) is 25.0. The third-order valence-corrected chi connectivity index (χ3v) is 7.49. The van der Waals surface area contributed by atoms with Crippen LogP contribution >= 0.6 is 11.8 Å². The van der Waals surface area contributed by atoms with E-state index in [1.54, 1.807) is 12.1 Å². The van der Waals surface area contributed by atoms with Gasteiger partial charge in [-0.2, -0.15) is 5.10 Å². The minimum absolute atomic E-state index is 0.355. The van der Waals surface area contributed by atoms with Crippen LogP contribution in [0.4, 0.5) is 26.1 Å². The molecular weight excluding hydrogens is 484 g/mol. The molecule has 36 heavy (non-hydrogen) atoms. The highest BCUT2D eigenvalue weighted by Gasteiger charge is 2.55. The van der Waals surface area contributed by atoms with Crippen molar-refractivity contribution < 1.29 is 13.6 Å². The van der Waals surface area contributed by atoms with Gasteiger partial charge < -0.3 is 15.1 Å². The van der Waals surface area contributed by atoms with Crippen LogP contribution in [0.25, 0.3) is 0 Å². The number of carbonyl (C=O) groups excluding carboxylic acids is 1. The molecule has 2 fully saturated rings. The number of hydrazone groups is 1. The van der Waals surface area contributed by atoms with Crippen molar-refractivity contribution >= 4 is 40.8 Å². The van der Waals surface area contributed by atoms with Crippen LogP contribution in [-0.4, -0.2) is 58.9 Å². The van der Waals surface area contributed by atoms with Gasteiger partial charge in [-0.15, -0.1) is 0 Å². The summed E-state index contributed by atoms with van der Waals surface area (Å²) in [6.07, 6.45) is 1.14. The number of rotatable bonds is 6. The first-order chi connectivity index (χ1) is 17.4. The molecule has 6 rings (SSSR count). The number of aromatic nitrogens is 2. The highest BCUT2D eigenvalue weighted by atomic mass is 32.2. The maximum absolute atomic E-state index is 14.1. The molecule has 2 unspecified atom stereocenters. The van der Waals surface area contributed by atoms with Crippen molar-refractivity contribution in [1.29, 1.82) is 0 Å². The molecule has 8 nitrogen and oxygen atoms in total. The Balaban J connectivity index is 1.19. The van der Waals surface area contributed by atoms with E-state index in [0.29, 0.717) is 28.7 Å². The Hall–Kier alpha value is -3.73. The molecule has 4 heterocycles. The number of hydrogen-bond donors (Lipinski definition) is 1. The quantitative estimate of drug-likeness (QED) is 0.396. The maximum atomic E-state index is 14.1. The molecule has 1 amide bonds. The van der Waals surface area contributed by atoms with Gasteiger partial charge in [-0.05, 0) is 61.5 Å². The Labute approximate surface area is 211 Å². The van der Waals surface area contributed by atoms with Crippen LogP contribution in [-0.2, 0) is 0 Å². The average molecular weight is 508 g/mol. The zero-order valence-corrected chi connectivity index (χ0v) is 20.5. The molecule has 1 N–H and O–H groups in total. The highest BCUT2D eigenvalue weighted by Crippen LogP contribution is 2.38. The summed E-state index contributed by atoms with van der Waals surface area (Å²) in [5.74, 6) is -0.0277. The van der Waals surface area contributed by atoms with Crippen molar-refractivity contribution in [3.8, 4) is 0 Å². The highest BCUT2D eigenvalue weighted by molar-refractivity contribution is 7.99. The van der Waals surface area contributed by atoms with E-state index in [0.717, 1.165) is 48.2 Å². The van der Waals surface area contributed by atoms with E-state index in [2.05, 4.69) is 27.2 Å². The number of amides is 1. The molecule has 2 aromatic carbocycles. The van der Waals surface area contributed by atoms with Gasteiger partial charge in [-0.25, -0.2) is 18.7 Å². The van der Waals surface area contributed by atoms with Gasteiger partial charge in [0.25, 0.3) is 5.91 Å². The minimum atomic E-state index is -0.889. The van der Waals surface area contributed by atoms with Crippen molar-refractivity contribution in [3.63, 3.8) is 0 Å². The third-order valence-electron chi connectivity index (χ3n) is 6.62. The summed E-state index contributed by atoms with van der Waals surface area (Å²) in [6, 6.07) is 13.2. The molecule has 0 aliphatic carbocycles. The van der Waals surface area contributed by atoms with Crippen molar-refractivity contribution in [1.82, 2.24) is 15.0 Å². The van der Waals surface area contributed by atoms with Crippen LogP contribution in [0.5, 0.6) is 0 Å². The van der Waals surface area contributed by atoms with Gasteiger partial charge in [0.1, 0.15) is 34.9 Å². The number of halogens is 2. The van der Waals surface area contributed by atoms with Crippen LogP contribution in [0.2, 0.25) is 0 Å². The summed E-state index contributed by atoms with van der Waals surface area (Å²) < 4.78 is 28.1. The van der Waals surface area contributed by atoms with E-state index in [1.807, 2.05) is 23.2 Å². The number of fused-ring (bicyclic) bond motifs is 1. The number of hydrogen-bond acceptors (Lipinski definition) is 8. The van der Waals surface area contributed by atoms with Crippen LogP contribution in [0.15, 0.2) is 63.7 Å². The molecule has 0 saturated carbocycles. The number of benzene rings is 2. The Morgan fingerprint density at radius 1 is 1.11 bits per heavy atom. The Bertz CT molecular complexity index is 1360. The SMILES string of the molecule is CC1C2C(Nc3cc(N4CCC4)nc(Sc4ccc(N(C)C(=O)c5c(F)cccc5F)cc4)n3)=NN12. The van der Waals surface area contributed by atoms with Gasteiger partial charge in [0.15, 0.2) is 11.0 Å². The fourth-order valence-corrected chi connectivity index (χ4v) is 5.02. The van der Waals surface area contributed by atoms with Gasteiger partial charge in [0.2, 0.25) is 0 Å². The smallest absolute Gasteiger partial charge is 0.263 e. The van der Waals surface area contributed by atoms with E-state index in [9.17, 15) is 13.6 Å². The molecule has 2 atom stereocenters. The molecule has 11 heteroatoms. The lowest BCUT2D eigenvalue weighted by atomic mass is 10.1. The molecule has 0 spiro atoms. The normalized spacial score (nSPS) is 19.6. The van der Waals surface area contributed by atoms with Crippen LogP contribution in [0.3, 0.4) is 0 Å². The van der Waals surface area contributed by atoms with Gasteiger partial charge in [-0.1, -0.05) is 6.07 Å². The predicted octanol–water partition coefficient (Wildman–Crippen LogP) is 4.20. The molecule has 1 aromatic heterocycles. The number of amidine groups is 1. The van der Waals surface area contributed by atoms with Crippen molar-refractivity contribution in [2.45, 2.75) is 35.5 Å². The van der Waals surface area contributed by atoms with E-state index in [1.165, 1.54) is 29.8 Å². The second-order valence-corrected chi connectivity index (χ2v) is 10.0. The molecule has 2 saturated heterocycles. The number of carbonyl (C=O) groups is 1. The Morgan fingerprint density at radius 3 is 2.42 bits per heavy atom. The zero-order valence-electron chi connectivity index (χ0n) is 19.7. The lowest BCUT2D eigenvalue weighted by Gasteiger charge is -2.32. The summed E-state index contributed by atoms with van der Waals surface area (Å²) in [5, 5.41) is 10.4. The van der Waals surface area contributed by atoms with E-state index in [4.69, 9.17) is 4.98 Å². The Kier molecular flexibility index (Phi) is 5.51. The largest absolute Gasteiger partial charge is 0.356 e. The molecular formula is C25H23F2N7OS. The first kappa shape index (κ1) is 22.7. The van der Waals surface area contributed by atoms with Crippen LogP contribution < -0.4 is 15.1 Å². The van der Waals surface area contributed by atoms with Gasteiger partial charge in [0, 0.05) is 36.8 Å². The minimum Gasteiger partial charge on any atom is -0.356 e. The van der Waals surface area contributed by atoms with Gasteiger partial charge in [-0.3, -0.25) is 9.80 Å². The molecule has 0 radical (unpaired) electrons. The summed E-state index contributed by atoms with van der Waals surface area (Å²) in [7, 11) is 1.49. The first-order valence-electron chi connectivity index (χ1n) is 11.7. The van der Waals surface area contributed by atoms with E-state index in [-0.39, 0.29) is 0 Å². The fourth-order valence-electron chi connectivity index (χ4n) is 4.26. The molecule has 0 bridgehead atoms. The topological polar surface area (TPSA) is 76.7 Å². The van der Waals surface area contributed by atoms with Crippen molar-refractivity contribution in [2.24, 2.45) is 5.10 Å². The van der Waals surface area contributed by atoms with Gasteiger partial charge in [0.05, 0.1) is 6.04 Å². The Morgan fingerprint density at radius 2 is 1.83 bits per heavy atom. The molecule has 184 valence electrons. The molecule has 3 aliphatic heterocycles. The standard InChI is InChI=1S/C25H23F2N7OS/c1-14-22-23(31-34(14)22)28-19-13-20(33-11-4-12-33)30-25(29-19)36-16-9-7-15(8-10-16)32(2)24(35)21-17(26)5-3-6-18(21)27/h3,5-10,13-14,22H,4,11-12H2,1-2H3,(H,28,29,30,31).